The highest BCUT2D eigenvalue weighted by atomic mass is 16.6. The number of benzene rings is 1. The van der Waals surface area contributed by atoms with Gasteiger partial charge in [-0.25, -0.2) is 4.79 Å². The lowest BCUT2D eigenvalue weighted by atomic mass is 9.97. The van der Waals surface area contributed by atoms with E-state index in [1.165, 1.54) is 0 Å². The topological polar surface area (TPSA) is 72.8 Å². The van der Waals surface area contributed by atoms with Gasteiger partial charge in [-0.3, -0.25) is 4.79 Å². The Morgan fingerprint density at radius 1 is 1.25 bits per heavy atom. The number of ether oxygens (including phenoxy) is 2. The number of hydrogen-bond acceptors (Lipinski definition) is 5. The van der Waals surface area contributed by atoms with Crippen LogP contribution in [-0.2, 0) is 19.1 Å². The molecule has 0 aliphatic carbocycles. The van der Waals surface area contributed by atoms with Crippen molar-refractivity contribution < 1.29 is 24.2 Å². The van der Waals surface area contributed by atoms with E-state index in [0.29, 0.717) is 5.56 Å². The number of carbonyl (C=O) groups is 2. The smallest absolute Gasteiger partial charge is 0.379 e. The summed E-state index contributed by atoms with van der Waals surface area (Å²) in [5, 5.41) is 10.0. The van der Waals surface area contributed by atoms with Crippen LogP contribution in [0.25, 0.3) is 0 Å². The summed E-state index contributed by atoms with van der Waals surface area (Å²) in [5.41, 5.74) is -0.168. The van der Waals surface area contributed by atoms with Crippen LogP contribution in [0.1, 0.15) is 32.4 Å². The van der Waals surface area contributed by atoms with Crippen LogP contribution in [0.3, 0.4) is 0 Å². The van der Waals surface area contributed by atoms with Gasteiger partial charge in [-0.15, -0.1) is 0 Å². The maximum absolute atomic E-state index is 11.8. The molecule has 1 N–H and O–H groups in total. The first kappa shape index (κ1) is 14.1. The van der Waals surface area contributed by atoms with E-state index in [-0.39, 0.29) is 5.76 Å². The predicted molar refractivity (Wildman–Crippen MR) is 70.5 cm³/mol. The average molecular weight is 276 g/mol. The molecule has 0 unspecified atom stereocenters. The van der Waals surface area contributed by atoms with E-state index in [4.69, 9.17) is 9.47 Å². The third-order valence-electron chi connectivity index (χ3n) is 2.80. The molecule has 5 nitrogen and oxygen atoms in total. The van der Waals surface area contributed by atoms with Crippen molar-refractivity contribution in [2.24, 2.45) is 5.41 Å². The highest BCUT2D eigenvalue weighted by Crippen LogP contribution is 2.34. The van der Waals surface area contributed by atoms with Crippen molar-refractivity contribution in [3.05, 3.63) is 47.4 Å². The first-order chi connectivity index (χ1) is 9.30. The van der Waals surface area contributed by atoms with Gasteiger partial charge in [0.15, 0.2) is 11.9 Å². The Bertz CT molecular complexity index is 566. The molecule has 0 aromatic heterocycles. The molecule has 5 heteroatoms. The van der Waals surface area contributed by atoms with Crippen LogP contribution in [0.5, 0.6) is 0 Å². The second-order valence-corrected chi connectivity index (χ2v) is 5.55. The van der Waals surface area contributed by atoms with Crippen molar-refractivity contribution in [2.75, 3.05) is 0 Å². The van der Waals surface area contributed by atoms with Crippen LogP contribution < -0.4 is 0 Å². The molecule has 1 atom stereocenters. The third-order valence-corrected chi connectivity index (χ3v) is 2.80. The molecule has 0 saturated heterocycles. The second kappa shape index (κ2) is 5.00. The highest BCUT2D eigenvalue weighted by molar-refractivity contribution is 5.93. The summed E-state index contributed by atoms with van der Waals surface area (Å²) in [6.07, 6.45) is -0.925. The van der Waals surface area contributed by atoms with E-state index >= 15 is 0 Å². The number of carbonyl (C=O) groups excluding carboxylic acids is 2. The molecule has 0 bridgehead atoms. The van der Waals surface area contributed by atoms with Gasteiger partial charge in [0.2, 0.25) is 0 Å². The summed E-state index contributed by atoms with van der Waals surface area (Å²) in [5.74, 6) is -2.25. The van der Waals surface area contributed by atoms with Crippen molar-refractivity contribution >= 4 is 11.9 Å². The summed E-state index contributed by atoms with van der Waals surface area (Å²) in [6.45, 7) is 4.96. The van der Waals surface area contributed by atoms with Crippen LogP contribution in [0, 0.1) is 5.41 Å². The van der Waals surface area contributed by atoms with E-state index in [2.05, 4.69) is 0 Å². The number of esters is 2. The molecular weight excluding hydrogens is 260 g/mol. The van der Waals surface area contributed by atoms with Gasteiger partial charge in [0, 0.05) is 5.56 Å². The van der Waals surface area contributed by atoms with Crippen molar-refractivity contribution in [1.82, 2.24) is 0 Å². The fourth-order valence-corrected chi connectivity index (χ4v) is 1.63. The fraction of sp³-hybridized carbons (Fsp3) is 0.333. The number of rotatable bonds is 2. The van der Waals surface area contributed by atoms with Crippen molar-refractivity contribution in [3.63, 3.8) is 0 Å². The fourth-order valence-electron chi connectivity index (χ4n) is 1.63. The van der Waals surface area contributed by atoms with Crippen LogP contribution in [0.2, 0.25) is 0 Å². The van der Waals surface area contributed by atoms with Gasteiger partial charge in [0.1, 0.15) is 0 Å². The van der Waals surface area contributed by atoms with E-state index in [9.17, 15) is 14.7 Å². The zero-order valence-electron chi connectivity index (χ0n) is 11.5. The molecule has 1 aliphatic rings. The monoisotopic (exact) mass is 276 g/mol. The van der Waals surface area contributed by atoms with Crippen molar-refractivity contribution in [2.45, 2.75) is 26.9 Å². The Balaban J connectivity index is 2.26. The maximum Gasteiger partial charge on any atom is 0.379 e. The molecule has 0 saturated carbocycles. The minimum Gasteiger partial charge on any atom is -0.505 e. The Morgan fingerprint density at radius 3 is 2.40 bits per heavy atom. The number of hydrogen-bond donors (Lipinski definition) is 1. The molecule has 0 fully saturated rings. The Labute approximate surface area is 116 Å². The molecule has 0 amide bonds. The molecule has 1 aliphatic heterocycles. The van der Waals surface area contributed by atoms with Crippen LogP contribution >= 0.6 is 0 Å². The summed E-state index contributed by atoms with van der Waals surface area (Å²) >= 11 is 0. The Morgan fingerprint density at radius 2 is 1.85 bits per heavy atom. The molecule has 1 heterocycles. The van der Waals surface area contributed by atoms with E-state index in [1.54, 1.807) is 45.0 Å². The standard InChI is InChI=1S/C15H16O5/c1-15(2,3)14(18)20-12-10(16)11(19-13(12)17)9-7-5-4-6-8-9/h4-8,11,16H,1-3H3/t11-/m1/s1. The number of cyclic esters (lactones) is 1. The quantitative estimate of drug-likeness (QED) is 0.841. The summed E-state index contributed by atoms with van der Waals surface area (Å²) < 4.78 is 10.0. The summed E-state index contributed by atoms with van der Waals surface area (Å²) in [4.78, 5) is 23.5. The molecule has 0 spiro atoms. The van der Waals surface area contributed by atoms with Crippen LogP contribution in [0.15, 0.2) is 41.9 Å². The van der Waals surface area contributed by atoms with Crippen LogP contribution in [0.4, 0.5) is 0 Å². The average Bonchev–Trinajstić information content (AvgIpc) is 2.66. The SMILES string of the molecule is CC(C)(C)C(=O)OC1=C(O)[C@@H](c2ccccc2)OC1=O. The minimum absolute atomic E-state index is 0.376. The Kier molecular flexibility index (Phi) is 3.53. The third kappa shape index (κ3) is 2.66. The number of aliphatic hydroxyl groups excluding tert-OH is 1. The minimum atomic E-state index is -0.925. The zero-order valence-corrected chi connectivity index (χ0v) is 11.5. The lowest BCUT2D eigenvalue weighted by Gasteiger charge is -2.15. The molecule has 20 heavy (non-hydrogen) atoms. The van der Waals surface area contributed by atoms with Gasteiger partial charge in [-0.05, 0) is 20.8 Å². The van der Waals surface area contributed by atoms with Crippen molar-refractivity contribution in [1.29, 1.82) is 0 Å². The molecule has 0 radical (unpaired) electrons. The maximum atomic E-state index is 11.8. The zero-order chi connectivity index (χ0) is 14.9. The lowest BCUT2D eigenvalue weighted by molar-refractivity contribution is -0.155. The summed E-state index contributed by atoms with van der Waals surface area (Å²) in [7, 11) is 0. The molecular formula is C15H16O5. The van der Waals surface area contributed by atoms with Gasteiger partial charge in [0.25, 0.3) is 5.76 Å². The lowest BCUT2D eigenvalue weighted by Crippen LogP contribution is -2.24. The highest BCUT2D eigenvalue weighted by Gasteiger charge is 2.39. The molecule has 1 aromatic rings. The van der Waals surface area contributed by atoms with Gasteiger partial charge < -0.3 is 14.6 Å². The predicted octanol–water partition coefficient (Wildman–Crippen LogP) is 2.64. The summed E-state index contributed by atoms with van der Waals surface area (Å²) in [6, 6.07) is 8.75. The normalized spacial score (nSPS) is 18.9. The van der Waals surface area contributed by atoms with E-state index < -0.39 is 29.2 Å². The van der Waals surface area contributed by atoms with Crippen LogP contribution in [-0.4, -0.2) is 17.0 Å². The second-order valence-electron chi connectivity index (χ2n) is 5.55. The van der Waals surface area contributed by atoms with Gasteiger partial charge in [-0.1, -0.05) is 30.3 Å². The first-order valence-corrected chi connectivity index (χ1v) is 6.22. The largest absolute Gasteiger partial charge is 0.505 e. The van der Waals surface area contributed by atoms with E-state index in [0.717, 1.165) is 0 Å². The van der Waals surface area contributed by atoms with Gasteiger partial charge in [-0.2, -0.15) is 0 Å². The molecule has 2 rings (SSSR count). The van der Waals surface area contributed by atoms with Gasteiger partial charge >= 0.3 is 11.9 Å². The molecule has 106 valence electrons. The van der Waals surface area contributed by atoms with Crippen molar-refractivity contribution in [3.8, 4) is 0 Å². The number of aliphatic hydroxyl groups is 1. The van der Waals surface area contributed by atoms with Gasteiger partial charge in [0.05, 0.1) is 5.41 Å². The Hall–Kier alpha value is -2.30. The molecule has 1 aromatic carbocycles. The first-order valence-electron chi connectivity index (χ1n) is 6.22. The van der Waals surface area contributed by atoms with E-state index in [1.807, 2.05) is 6.07 Å².